The van der Waals surface area contributed by atoms with Crippen LogP contribution in [0.5, 0.6) is 0 Å². The molecule has 0 unspecified atom stereocenters. The van der Waals surface area contributed by atoms with E-state index in [1.54, 1.807) is 23.7 Å². The van der Waals surface area contributed by atoms with E-state index in [4.69, 9.17) is 0 Å². The molecule has 3 aromatic rings. The van der Waals surface area contributed by atoms with Crippen LogP contribution in [0, 0.1) is 11.3 Å². The molecule has 2 atom stereocenters. The second-order valence-corrected chi connectivity index (χ2v) is 8.18. The third-order valence-electron chi connectivity index (χ3n) is 6.14. The minimum atomic E-state index is -0.0598. The lowest BCUT2D eigenvalue weighted by Crippen LogP contribution is -2.57. The molecule has 1 aliphatic heterocycles. The lowest BCUT2D eigenvalue weighted by molar-refractivity contribution is 0.168. The van der Waals surface area contributed by atoms with E-state index in [9.17, 15) is 10.1 Å². The number of hydrogen-bond donors (Lipinski definition) is 0. The standard InChI is InChI=1S/C24H27N5O/c1-17-16-29(18(2)15-28(17)12-11-19-7-5-4-6-8-19)22-13-23(30)27(3)21-10-9-20(14-25)26-24(21)22/h4-10,13,17-18H,11-12,15-16H2,1-3H3/t17-,18+/m1/s1. The van der Waals surface area contributed by atoms with Crippen LogP contribution in [-0.2, 0) is 13.5 Å². The lowest BCUT2D eigenvalue weighted by atomic mass is 10.0. The zero-order chi connectivity index (χ0) is 21.3. The van der Waals surface area contributed by atoms with Crippen molar-refractivity contribution in [2.75, 3.05) is 24.5 Å². The van der Waals surface area contributed by atoms with Crippen LogP contribution in [0.2, 0.25) is 0 Å². The fourth-order valence-corrected chi connectivity index (χ4v) is 4.36. The third kappa shape index (κ3) is 3.81. The van der Waals surface area contributed by atoms with E-state index >= 15 is 0 Å². The van der Waals surface area contributed by atoms with Gasteiger partial charge in [-0.2, -0.15) is 5.26 Å². The summed E-state index contributed by atoms with van der Waals surface area (Å²) in [4.78, 5) is 21.9. The molecular weight excluding hydrogens is 374 g/mol. The minimum absolute atomic E-state index is 0.0598. The fourth-order valence-electron chi connectivity index (χ4n) is 4.36. The number of nitrogens with zero attached hydrogens (tertiary/aromatic N) is 5. The zero-order valence-corrected chi connectivity index (χ0v) is 17.7. The quantitative estimate of drug-likeness (QED) is 0.673. The Labute approximate surface area is 177 Å². The van der Waals surface area contributed by atoms with E-state index in [1.165, 1.54) is 5.56 Å². The summed E-state index contributed by atoms with van der Waals surface area (Å²) in [6.07, 6.45) is 1.03. The maximum absolute atomic E-state index is 12.6. The normalized spacial score (nSPS) is 19.7. The molecule has 0 radical (unpaired) electrons. The average Bonchev–Trinajstić information content (AvgIpc) is 2.77. The first-order valence-electron chi connectivity index (χ1n) is 10.4. The molecule has 0 N–H and O–H groups in total. The Morgan fingerprint density at radius 2 is 1.87 bits per heavy atom. The number of anilines is 1. The van der Waals surface area contributed by atoms with Crippen LogP contribution in [0.15, 0.2) is 53.3 Å². The maximum atomic E-state index is 12.6. The summed E-state index contributed by atoms with van der Waals surface area (Å²) in [6.45, 7) is 7.18. The monoisotopic (exact) mass is 401 g/mol. The second kappa shape index (κ2) is 8.29. The fraction of sp³-hybridized carbons (Fsp3) is 0.375. The van der Waals surface area contributed by atoms with Crippen LogP contribution < -0.4 is 10.5 Å². The van der Waals surface area contributed by atoms with Crippen molar-refractivity contribution in [3.63, 3.8) is 0 Å². The first-order valence-corrected chi connectivity index (χ1v) is 10.4. The van der Waals surface area contributed by atoms with Crippen LogP contribution in [-0.4, -0.2) is 46.2 Å². The first kappa shape index (κ1) is 20.1. The molecule has 30 heavy (non-hydrogen) atoms. The predicted octanol–water partition coefficient (Wildman–Crippen LogP) is 2.95. The lowest BCUT2D eigenvalue weighted by Gasteiger charge is -2.45. The summed E-state index contributed by atoms with van der Waals surface area (Å²) >= 11 is 0. The van der Waals surface area contributed by atoms with Crippen molar-refractivity contribution < 1.29 is 0 Å². The molecule has 3 heterocycles. The highest BCUT2D eigenvalue weighted by molar-refractivity contribution is 5.89. The molecule has 0 amide bonds. The first-order chi connectivity index (χ1) is 14.5. The van der Waals surface area contributed by atoms with Gasteiger partial charge in [0.2, 0.25) is 0 Å². The van der Waals surface area contributed by atoms with Crippen molar-refractivity contribution >= 4 is 16.7 Å². The van der Waals surface area contributed by atoms with Gasteiger partial charge in [-0.15, -0.1) is 0 Å². The molecule has 1 saturated heterocycles. The van der Waals surface area contributed by atoms with Gasteiger partial charge in [-0.3, -0.25) is 9.69 Å². The van der Waals surface area contributed by atoms with Gasteiger partial charge in [0.25, 0.3) is 5.56 Å². The van der Waals surface area contributed by atoms with Crippen molar-refractivity contribution in [3.8, 4) is 6.07 Å². The molecule has 1 fully saturated rings. The molecule has 1 aliphatic rings. The molecule has 6 nitrogen and oxygen atoms in total. The Hall–Kier alpha value is -3.17. The van der Waals surface area contributed by atoms with Crippen LogP contribution >= 0.6 is 0 Å². The maximum Gasteiger partial charge on any atom is 0.252 e. The molecule has 0 saturated carbocycles. The summed E-state index contributed by atoms with van der Waals surface area (Å²) in [7, 11) is 1.75. The molecular formula is C24H27N5O. The Kier molecular flexibility index (Phi) is 5.56. The number of piperazine rings is 1. The van der Waals surface area contributed by atoms with Gasteiger partial charge in [0, 0.05) is 44.8 Å². The highest BCUT2D eigenvalue weighted by Gasteiger charge is 2.30. The van der Waals surface area contributed by atoms with Gasteiger partial charge >= 0.3 is 0 Å². The SMILES string of the molecule is C[C@@H]1CN(c2cc(=O)n(C)c3ccc(C#N)nc23)[C@@H](C)CN1CCc1ccccc1. The van der Waals surface area contributed by atoms with Gasteiger partial charge in [-0.05, 0) is 38.0 Å². The van der Waals surface area contributed by atoms with Gasteiger partial charge in [0.05, 0.1) is 11.2 Å². The molecule has 4 rings (SSSR count). The number of nitriles is 1. The van der Waals surface area contributed by atoms with Gasteiger partial charge in [-0.25, -0.2) is 4.98 Å². The predicted molar refractivity (Wildman–Crippen MR) is 120 cm³/mol. The summed E-state index contributed by atoms with van der Waals surface area (Å²) in [6, 6.07) is 18.4. The smallest absolute Gasteiger partial charge is 0.252 e. The van der Waals surface area contributed by atoms with Crippen LogP contribution in [0.4, 0.5) is 5.69 Å². The van der Waals surface area contributed by atoms with Crippen molar-refractivity contribution in [2.24, 2.45) is 7.05 Å². The van der Waals surface area contributed by atoms with E-state index < -0.39 is 0 Å². The number of pyridine rings is 2. The van der Waals surface area contributed by atoms with Gasteiger partial charge in [0.15, 0.2) is 0 Å². The van der Waals surface area contributed by atoms with Gasteiger partial charge in [0.1, 0.15) is 17.3 Å². The van der Waals surface area contributed by atoms with E-state index in [2.05, 4.69) is 59.0 Å². The second-order valence-electron chi connectivity index (χ2n) is 8.18. The molecule has 0 aliphatic carbocycles. The van der Waals surface area contributed by atoms with E-state index in [0.29, 0.717) is 17.3 Å². The summed E-state index contributed by atoms with van der Waals surface area (Å²) < 4.78 is 1.59. The van der Waals surface area contributed by atoms with E-state index in [1.807, 2.05) is 12.1 Å². The molecule has 154 valence electrons. The highest BCUT2D eigenvalue weighted by Crippen LogP contribution is 2.28. The van der Waals surface area contributed by atoms with Crippen molar-refractivity contribution in [1.29, 1.82) is 5.26 Å². The molecule has 0 spiro atoms. The number of fused-ring (bicyclic) bond motifs is 1. The van der Waals surface area contributed by atoms with Crippen LogP contribution in [0.3, 0.4) is 0 Å². The molecule has 2 aromatic heterocycles. The number of rotatable bonds is 4. The number of aryl methyl sites for hydroxylation is 1. The Balaban J connectivity index is 1.61. The van der Waals surface area contributed by atoms with Crippen molar-refractivity contribution in [3.05, 3.63) is 70.1 Å². The molecule has 6 heteroatoms. The summed E-state index contributed by atoms with van der Waals surface area (Å²) in [5.41, 5.74) is 3.95. The molecule has 0 bridgehead atoms. The largest absolute Gasteiger partial charge is 0.364 e. The average molecular weight is 402 g/mol. The topological polar surface area (TPSA) is 65.2 Å². The van der Waals surface area contributed by atoms with Gasteiger partial charge < -0.3 is 9.47 Å². The van der Waals surface area contributed by atoms with E-state index in [0.717, 1.165) is 37.3 Å². The van der Waals surface area contributed by atoms with Crippen LogP contribution in [0.25, 0.3) is 11.0 Å². The Morgan fingerprint density at radius 3 is 2.60 bits per heavy atom. The zero-order valence-electron chi connectivity index (χ0n) is 17.7. The highest BCUT2D eigenvalue weighted by atomic mass is 16.1. The minimum Gasteiger partial charge on any atom is -0.364 e. The summed E-state index contributed by atoms with van der Waals surface area (Å²) in [5, 5.41) is 9.30. The number of hydrogen-bond acceptors (Lipinski definition) is 5. The Morgan fingerprint density at radius 1 is 1.10 bits per heavy atom. The summed E-state index contributed by atoms with van der Waals surface area (Å²) in [5.74, 6) is 0. The number of aromatic nitrogens is 2. The van der Waals surface area contributed by atoms with Crippen molar-refractivity contribution in [2.45, 2.75) is 32.4 Å². The van der Waals surface area contributed by atoms with Crippen LogP contribution in [0.1, 0.15) is 25.1 Å². The van der Waals surface area contributed by atoms with Crippen molar-refractivity contribution in [1.82, 2.24) is 14.5 Å². The Bertz CT molecular complexity index is 1150. The van der Waals surface area contributed by atoms with E-state index in [-0.39, 0.29) is 11.6 Å². The third-order valence-corrected chi connectivity index (χ3v) is 6.14. The van der Waals surface area contributed by atoms with Gasteiger partial charge in [-0.1, -0.05) is 30.3 Å². The molecule has 1 aromatic carbocycles. The number of benzene rings is 1.